The molecule has 1 saturated heterocycles. The number of hydrogen-bond acceptors (Lipinski definition) is 7. The van der Waals surface area contributed by atoms with Gasteiger partial charge < -0.3 is 26.0 Å². The van der Waals surface area contributed by atoms with Crippen molar-refractivity contribution in [2.45, 2.75) is 30.4 Å². The lowest BCUT2D eigenvalue weighted by atomic mass is 10.1. The lowest BCUT2D eigenvalue weighted by Crippen LogP contribution is -2.41. The molecular weight excluding hydrogens is 486 g/mol. The smallest absolute Gasteiger partial charge is 0.257 e. The topological polar surface area (TPSA) is 166 Å². The minimum absolute atomic E-state index is 0.00318. The average Bonchev–Trinajstić information content (AvgIpc) is 3.20. The Balaban J connectivity index is 1.80. The van der Waals surface area contributed by atoms with Gasteiger partial charge in [-0.3, -0.25) is 14.4 Å². The summed E-state index contributed by atoms with van der Waals surface area (Å²) in [6.45, 7) is 1.83. The van der Waals surface area contributed by atoms with Crippen molar-refractivity contribution in [3.8, 4) is 0 Å². The van der Waals surface area contributed by atoms with Gasteiger partial charge in [-0.2, -0.15) is 0 Å². The highest BCUT2D eigenvalue weighted by Crippen LogP contribution is 2.32. The summed E-state index contributed by atoms with van der Waals surface area (Å²) < 4.78 is 26.6. The largest absolute Gasteiger partial charge is 0.391 e. The molecule has 0 aliphatic carbocycles. The highest BCUT2D eigenvalue weighted by molar-refractivity contribution is 7.89. The third-order valence-electron chi connectivity index (χ3n) is 6.22. The molecule has 1 aromatic heterocycles. The number of anilines is 2. The number of aromatic amines is 1. The van der Waals surface area contributed by atoms with Crippen LogP contribution in [0.1, 0.15) is 22.3 Å². The number of rotatable bonds is 6. The van der Waals surface area contributed by atoms with Crippen molar-refractivity contribution in [2.24, 2.45) is 5.73 Å². The first-order valence-corrected chi connectivity index (χ1v) is 12.6. The molecule has 11 nitrogen and oxygen atoms in total. The van der Waals surface area contributed by atoms with Gasteiger partial charge in [-0.1, -0.05) is 0 Å². The number of aliphatic hydroxyl groups is 1. The lowest BCUT2D eigenvalue weighted by molar-refractivity contribution is -0.119. The number of nitrogens with two attached hydrogens (primary N) is 1. The highest BCUT2D eigenvalue weighted by atomic mass is 32.2. The Morgan fingerprint density at radius 3 is 2.56 bits per heavy atom. The van der Waals surface area contributed by atoms with Gasteiger partial charge in [0, 0.05) is 49.7 Å². The Labute approximate surface area is 207 Å². The number of carbonyl (C=O) groups excluding carboxylic acids is 2. The molecule has 0 spiro atoms. The van der Waals surface area contributed by atoms with Gasteiger partial charge in [-0.05, 0) is 48.9 Å². The Morgan fingerprint density at radius 1 is 1.17 bits per heavy atom. The van der Waals surface area contributed by atoms with Crippen LogP contribution < -0.4 is 21.5 Å². The van der Waals surface area contributed by atoms with E-state index in [1.54, 1.807) is 25.1 Å². The summed E-state index contributed by atoms with van der Waals surface area (Å²) in [5.74, 6) is -1.28. The number of amides is 2. The van der Waals surface area contributed by atoms with E-state index in [1.165, 1.54) is 43.3 Å². The van der Waals surface area contributed by atoms with Gasteiger partial charge >= 0.3 is 0 Å². The fourth-order valence-electron chi connectivity index (χ4n) is 4.37. The van der Waals surface area contributed by atoms with E-state index in [-0.39, 0.29) is 34.7 Å². The molecule has 1 aliphatic heterocycles. The number of nitrogens with zero attached hydrogens (tertiary/aromatic N) is 2. The van der Waals surface area contributed by atoms with Crippen molar-refractivity contribution in [2.75, 3.05) is 30.9 Å². The first kappa shape index (κ1) is 25.4. The molecule has 2 aromatic carbocycles. The molecule has 36 heavy (non-hydrogen) atoms. The molecule has 2 amide bonds. The fraction of sp³-hybridized carbons (Fsp3) is 0.292. The number of hydrogen-bond donors (Lipinski definition) is 4. The number of aromatic nitrogens is 1. The molecule has 0 radical (unpaired) electrons. The summed E-state index contributed by atoms with van der Waals surface area (Å²) in [5, 5.41) is 13.7. The van der Waals surface area contributed by atoms with Crippen LogP contribution in [-0.2, 0) is 14.8 Å². The van der Waals surface area contributed by atoms with Crippen LogP contribution in [0.4, 0.5) is 11.4 Å². The number of H-pyrrole nitrogens is 1. The fourth-order valence-corrected chi connectivity index (χ4v) is 5.30. The molecule has 1 fully saturated rings. The highest BCUT2D eigenvalue weighted by Gasteiger charge is 2.37. The van der Waals surface area contributed by atoms with E-state index in [4.69, 9.17) is 5.73 Å². The van der Waals surface area contributed by atoms with Crippen LogP contribution in [0.15, 0.2) is 52.2 Å². The monoisotopic (exact) mass is 513 g/mol. The van der Waals surface area contributed by atoms with E-state index in [0.29, 0.717) is 11.2 Å². The Hall–Kier alpha value is -3.74. The molecule has 2 heterocycles. The van der Waals surface area contributed by atoms with Gasteiger partial charge in [0.15, 0.2) is 0 Å². The Morgan fingerprint density at radius 2 is 1.89 bits per heavy atom. The van der Waals surface area contributed by atoms with E-state index >= 15 is 0 Å². The standard InChI is InChI=1S/C24H27N5O6S/c1-13-8-22(31)27-19-6-4-14(9-17(13)19)26-24(33)18-11-16(36(34,35)28(2)3)5-7-20(18)29-12-15(30)10-21(29)23(25)32/h4-9,11,15,21,30H,10,12H2,1-3H3,(H2,25,32)(H,26,33)(H,27,31). The second-order valence-electron chi connectivity index (χ2n) is 8.96. The maximum atomic E-state index is 13.5. The number of aliphatic hydroxyl groups excluding tert-OH is 1. The quantitative estimate of drug-likeness (QED) is 0.378. The van der Waals surface area contributed by atoms with E-state index < -0.39 is 34.0 Å². The van der Waals surface area contributed by atoms with Crippen molar-refractivity contribution >= 4 is 44.1 Å². The van der Waals surface area contributed by atoms with Crippen molar-refractivity contribution in [1.29, 1.82) is 0 Å². The summed E-state index contributed by atoms with van der Waals surface area (Å²) in [4.78, 5) is 41.4. The van der Waals surface area contributed by atoms with Crippen LogP contribution in [0.2, 0.25) is 0 Å². The number of carbonyl (C=O) groups is 2. The summed E-state index contributed by atoms with van der Waals surface area (Å²) in [6.07, 6.45) is -0.745. The summed E-state index contributed by atoms with van der Waals surface area (Å²) in [5.41, 5.74) is 7.31. The average molecular weight is 514 g/mol. The minimum Gasteiger partial charge on any atom is -0.391 e. The van der Waals surface area contributed by atoms with Gasteiger partial charge in [0.25, 0.3) is 5.91 Å². The number of benzene rings is 2. The molecule has 12 heteroatoms. The summed E-state index contributed by atoms with van der Waals surface area (Å²) in [6, 6.07) is 9.59. The summed E-state index contributed by atoms with van der Waals surface area (Å²) in [7, 11) is -1.11. The second kappa shape index (κ2) is 9.37. The number of nitrogens with one attached hydrogen (secondary N) is 2. The number of β-amino-alcohol motifs (C(OH)–C–C–N with tert-alkyl or cyclic N) is 1. The van der Waals surface area contributed by atoms with Crippen molar-refractivity contribution in [3.63, 3.8) is 0 Å². The van der Waals surface area contributed by atoms with Crippen molar-refractivity contribution in [3.05, 3.63) is 63.9 Å². The van der Waals surface area contributed by atoms with E-state index in [9.17, 15) is 27.9 Å². The predicted molar refractivity (Wildman–Crippen MR) is 136 cm³/mol. The van der Waals surface area contributed by atoms with Crippen molar-refractivity contribution < 1.29 is 23.1 Å². The SMILES string of the molecule is Cc1cc(=O)[nH]c2ccc(NC(=O)c3cc(S(=O)(=O)N(C)C)ccc3N3CC(O)CC3C(N)=O)cc12. The van der Waals surface area contributed by atoms with Gasteiger partial charge in [0.1, 0.15) is 6.04 Å². The zero-order valence-electron chi connectivity index (χ0n) is 20.0. The third kappa shape index (κ3) is 4.70. The second-order valence-corrected chi connectivity index (χ2v) is 11.1. The first-order chi connectivity index (χ1) is 16.9. The van der Waals surface area contributed by atoms with Gasteiger partial charge in [0.05, 0.1) is 22.3 Å². The molecule has 1 aliphatic rings. The Kier molecular flexibility index (Phi) is 6.60. The number of sulfonamides is 1. The maximum Gasteiger partial charge on any atom is 0.257 e. The van der Waals surface area contributed by atoms with Crippen LogP contribution in [0.25, 0.3) is 10.9 Å². The summed E-state index contributed by atoms with van der Waals surface area (Å²) >= 11 is 0. The van der Waals surface area contributed by atoms with E-state index in [0.717, 1.165) is 15.3 Å². The minimum atomic E-state index is -3.87. The molecule has 2 unspecified atom stereocenters. The third-order valence-corrected chi connectivity index (χ3v) is 8.03. The van der Waals surface area contributed by atoms with Crippen LogP contribution in [0, 0.1) is 6.92 Å². The van der Waals surface area contributed by atoms with Crippen molar-refractivity contribution in [1.82, 2.24) is 9.29 Å². The molecule has 2 atom stereocenters. The van der Waals surface area contributed by atoms with Gasteiger partial charge in [-0.15, -0.1) is 0 Å². The van der Waals surface area contributed by atoms with Crippen LogP contribution >= 0.6 is 0 Å². The first-order valence-electron chi connectivity index (χ1n) is 11.1. The van der Waals surface area contributed by atoms with Gasteiger partial charge in [0.2, 0.25) is 21.5 Å². The normalized spacial score (nSPS) is 18.1. The molecule has 190 valence electrons. The van der Waals surface area contributed by atoms with Crippen LogP contribution in [-0.4, -0.2) is 67.4 Å². The number of pyridine rings is 1. The van der Waals surface area contributed by atoms with E-state index in [2.05, 4.69) is 10.3 Å². The molecule has 0 saturated carbocycles. The zero-order valence-corrected chi connectivity index (χ0v) is 20.8. The van der Waals surface area contributed by atoms with Gasteiger partial charge in [-0.25, -0.2) is 12.7 Å². The lowest BCUT2D eigenvalue weighted by Gasteiger charge is -2.27. The molecule has 4 rings (SSSR count). The van der Waals surface area contributed by atoms with Crippen LogP contribution in [0.3, 0.4) is 0 Å². The zero-order chi connectivity index (χ0) is 26.4. The number of aryl methyl sites for hydroxylation is 1. The van der Waals surface area contributed by atoms with Crippen LogP contribution in [0.5, 0.6) is 0 Å². The van der Waals surface area contributed by atoms with E-state index in [1.807, 2.05) is 0 Å². The molecule has 3 aromatic rings. The predicted octanol–water partition coefficient (Wildman–Crippen LogP) is 0.764. The number of fused-ring (bicyclic) bond motifs is 1. The maximum absolute atomic E-state index is 13.5. The molecule has 0 bridgehead atoms. The Bertz CT molecular complexity index is 1530. The number of primary amides is 1. The molecule has 5 N–H and O–H groups in total. The molecular formula is C24H27N5O6S.